The fourth-order valence-corrected chi connectivity index (χ4v) is 4.95. The summed E-state index contributed by atoms with van der Waals surface area (Å²) in [4.78, 5) is 20.3. The van der Waals surface area contributed by atoms with E-state index in [1.165, 1.54) is 11.3 Å². The summed E-state index contributed by atoms with van der Waals surface area (Å²) in [5.41, 5.74) is 6.80. The molecule has 0 aliphatic carbocycles. The smallest absolute Gasteiger partial charge is 0.303 e. The first-order valence-electron chi connectivity index (χ1n) is 11.7. The number of unbranched alkanes of at least 4 members (excludes halogenated alkanes) is 1. The summed E-state index contributed by atoms with van der Waals surface area (Å²) in [7, 11) is 2.17. The van der Waals surface area contributed by atoms with E-state index < -0.39 is 5.97 Å². The standard InChI is InChI=1S/C25H32BrN5O2/c1-3-20-8-9-23-25(18-14-19(26)16-27-15-18)21(6-4-5-7-24(32)33)22(28-31(20)23)17-30-12-10-29(2)11-13-30/h8-9,14-16H,3-7,10-13,17H2,1-2H3,(H,32,33). The number of aromatic nitrogens is 3. The highest BCUT2D eigenvalue weighted by Crippen LogP contribution is 2.34. The Morgan fingerprint density at radius 2 is 1.94 bits per heavy atom. The summed E-state index contributed by atoms with van der Waals surface area (Å²) < 4.78 is 3.04. The second kappa shape index (κ2) is 10.8. The number of likely N-dealkylation sites (N-methyl/N-ethyl adjacent to an activating group) is 1. The molecule has 0 spiro atoms. The molecule has 33 heavy (non-hydrogen) atoms. The number of carbonyl (C=O) groups is 1. The Labute approximate surface area is 203 Å². The number of hydrogen-bond donors (Lipinski definition) is 1. The Balaban J connectivity index is 1.81. The Kier molecular flexibility index (Phi) is 7.78. The van der Waals surface area contributed by atoms with Crippen LogP contribution in [0.15, 0.2) is 35.1 Å². The highest BCUT2D eigenvalue weighted by Gasteiger charge is 2.22. The van der Waals surface area contributed by atoms with Crippen LogP contribution in [0, 0.1) is 0 Å². The third kappa shape index (κ3) is 5.62. The van der Waals surface area contributed by atoms with Crippen LogP contribution in [0.25, 0.3) is 16.6 Å². The summed E-state index contributed by atoms with van der Waals surface area (Å²) in [6.45, 7) is 7.12. The van der Waals surface area contributed by atoms with Gasteiger partial charge in [0, 0.05) is 72.8 Å². The molecule has 3 aromatic heterocycles. The zero-order valence-corrected chi connectivity index (χ0v) is 21.0. The number of aryl methyl sites for hydroxylation is 1. The molecule has 1 fully saturated rings. The third-order valence-corrected chi connectivity index (χ3v) is 6.89. The Morgan fingerprint density at radius 3 is 2.64 bits per heavy atom. The van der Waals surface area contributed by atoms with Crippen molar-refractivity contribution in [1.29, 1.82) is 0 Å². The summed E-state index contributed by atoms with van der Waals surface area (Å²) in [6.07, 6.45) is 7.09. The van der Waals surface area contributed by atoms with Crippen LogP contribution in [0.4, 0.5) is 0 Å². The SMILES string of the molecule is CCc1ccc2c(-c3cncc(Br)c3)c(CCCCC(=O)O)c(CN3CCN(C)CC3)nn12. The molecule has 4 rings (SSSR count). The molecular weight excluding hydrogens is 482 g/mol. The van der Waals surface area contributed by atoms with Crippen LogP contribution < -0.4 is 0 Å². The molecule has 1 aliphatic rings. The van der Waals surface area contributed by atoms with Gasteiger partial charge in [-0.25, -0.2) is 4.52 Å². The maximum absolute atomic E-state index is 11.1. The maximum Gasteiger partial charge on any atom is 0.303 e. The van der Waals surface area contributed by atoms with E-state index in [2.05, 4.69) is 67.4 Å². The van der Waals surface area contributed by atoms with Gasteiger partial charge in [-0.1, -0.05) is 6.92 Å². The summed E-state index contributed by atoms with van der Waals surface area (Å²) in [6, 6.07) is 6.43. The molecule has 176 valence electrons. The zero-order valence-electron chi connectivity index (χ0n) is 19.4. The van der Waals surface area contributed by atoms with E-state index >= 15 is 0 Å². The van der Waals surface area contributed by atoms with Crippen molar-refractivity contribution < 1.29 is 9.90 Å². The van der Waals surface area contributed by atoms with Crippen LogP contribution in [0.5, 0.6) is 0 Å². The van der Waals surface area contributed by atoms with E-state index in [0.717, 1.165) is 78.8 Å². The number of piperazine rings is 1. The number of rotatable bonds is 9. The second-order valence-electron chi connectivity index (χ2n) is 8.85. The van der Waals surface area contributed by atoms with Crippen LogP contribution >= 0.6 is 15.9 Å². The molecule has 1 saturated heterocycles. The summed E-state index contributed by atoms with van der Waals surface area (Å²) >= 11 is 3.59. The normalized spacial score (nSPS) is 15.4. The van der Waals surface area contributed by atoms with E-state index in [1.54, 1.807) is 6.20 Å². The Hall–Kier alpha value is -2.29. The van der Waals surface area contributed by atoms with E-state index in [0.29, 0.717) is 6.42 Å². The number of carboxylic acids is 1. The van der Waals surface area contributed by atoms with Gasteiger partial charge in [-0.3, -0.25) is 14.7 Å². The molecule has 1 N–H and O–H groups in total. The predicted molar refractivity (Wildman–Crippen MR) is 133 cm³/mol. The lowest BCUT2D eigenvalue weighted by molar-refractivity contribution is -0.137. The van der Waals surface area contributed by atoms with Crippen molar-refractivity contribution in [3.63, 3.8) is 0 Å². The average Bonchev–Trinajstić information content (AvgIpc) is 3.20. The van der Waals surface area contributed by atoms with Gasteiger partial charge < -0.3 is 10.0 Å². The zero-order chi connectivity index (χ0) is 23.4. The molecule has 0 unspecified atom stereocenters. The van der Waals surface area contributed by atoms with Gasteiger partial charge in [-0.2, -0.15) is 5.10 Å². The molecule has 7 nitrogen and oxygen atoms in total. The lowest BCUT2D eigenvalue weighted by Gasteiger charge is -2.32. The number of aliphatic carboxylic acids is 1. The Morgan fingerprint density at radius 1 is 1.15 bits per heavy atom. The summed E-state index contributed by atoms with van der Waals surface area (Å²) in [5, 5.41) is 14.3. The van der Waals surface area contributed by atoms with Gasteiger partial charge in [-0.15, -0.1) is 0 Å². The van der Waals surface area contributed by atoms with Crippen LogP contribution in [0.1, 0.15) is 43.1 Å². The van der Waals surface area contributed by atoms with Crippen molar-refractivity contribution in [2.45, 2.75) is 45.6 Å². The van der Waals surface area contributed by atoms with Crippen molar-refractivity contribution in [3.05, 3.63) is 52.0 Å². The second-order valence-corrected chi connectivity index (χ2v) is 9.76. The minimum Gasteiger partial charge on any atom is -0.481 e. The fourth-order valence-electron chi connectivity index (χ4n) is 4.59. The van der Waals surface area contributed by atoms with Gasteiger partial charge in [0.15, 0.2) is 0 Å². The minimum atomic E-state index is -0.739. The highest BCUT2D eigenvalue weighted by molar-refractivity contribution is 9.10. The van der Waals surface area contributed by atoms with E-state index in [4.69, 9.17) is 10.2 Å². The van der Waals surface area contributed by atoms with Crippen LogP contribution in [-0.2, 0) is 24.2 Å². The molecule has 3 aromatic rings. The number of halogens is 1. The van der Waals surface area contributed by atoms with Crippen LogP contribution in [0.2, 0.25) is 0 Å². The van der Waals surface area contributed by atoms with Crippen molar-refractivity contribution in [2.75, 3.05) is 33.2 Å². The monoisotopic (exact) mass is 513 g/mol. The first-order valence-corrected chi connectivity index (χ1v) is 12.5. The molecule has 0 atom stereocenters. The number of carboxylic acid groups (broad SMARTS) is 1. The van der Waals surface area contributed by atoms with Crippen LogP contribution in [0.3, 0.4) is 0 Å². The Bertz CT molecular complexity index is 1120. The molecule has 0 saturated carbocycles. The number of hydrogen-bond acceptors (Lipinski definition) is 5. The van der Waals surface area contributed by atoms with E-state index in [9.17, 15) is 4.79 Å². The topological polar surface area (TPSA) is 74.0 Å². The van der Waals surface area contributed by atoms with Gasteiger partial charge in [0.25, 0.3) is 0 Å². The molecule has 0 radical (unpaired) electrons. The van der Waals surface area contributed by atoms with Gasteiger partial charge >= 0.3 is 5.97 Å². The minimum absolute atomic E-state index is 0.197. The largest absolute Gasteiger partial charge is 0.481 e. The van der Waals surface area contributed by atoms with Crippen molar-refractivity contribution >= 4 is 27.4 Å². The molecule has 4 heterocycles. The van der Waals surface area contributed by atoms with Gasteiger partial charge in [0.2, 0.25) is 0 Å². The maximum atomic E-state index is 11.1. The van der Waals surface area contributed by atoms with E-state index in [-0.39, 0.29) is 6.42 Å². The predicted octanol–water partition coefficient (Wildman–Crippen LogP) is 4.27. The van der Waals surface area contributed by atoms with Crippen molar-refractivity contribution in [3.8, 4) is 11.1 Å². The van der Waals surface area contributed by atoms with E-state index in [1.807, 2.05) is 6.20 Å². The third-order valence-electron chi connectivity index (χ3n) is 6.45. The van der Waals surface area contributed by atoms with Crippen molar-refractivity contribution in [2.24, 2.45) is 0 Å². The van der Waals surface area contributed by atoms with Crippen LogP contribution in [-0.4, -0.2) is 68.7 Å². The number of pyridine rings is 1. The summed E-state index contributed by atoms with van der Waals surface area (Å²) in [5.74, 6) is -0.739. The molecule has 1 aliphatic heterocycles. The van der Waals surface area contributed by atoms with Gasteiger partial charge in [-0.05, 0) is 72.4 Å². The lowest BCUT2D eigenvalue weighted by atomic mass is 9.95. The lowest BCUT2D eigenvalue weighted by Crippen LogP contribution is -2.44. The van der Waals surface area contributed by atoms with Gasteiger partial charge in [0.05, 0.1) is 11.2 Å². The molecule has 8 heteroatoms. The number of fused-ring (bicyclic) bond motifs is 1. The molecular formula is C25H32BrN5O2. The highest BCUT2D eigenvalue weighted by atomic mass is 79.9. The fraction of sp³-hybridized carbons (Fsp3) is 0.480. The molecule has 0 aromatic carbocycles. The number of nitrogens with zero attached hydrogens (tertiary/aromatic N) is 5. The molecule has 0 bridgehead atoms. The average molecular weight is 514 g/mol. The first kappa shape index (κ1) is 23.9. The molecule has 0 amide bonds. The van der Waals surface area contributed by atoms with Crippen molar-refractivity contribution in [1.82, 2.24) is 24.4 Å². The van der Waals surface area contributed by atoms with Gasteiger partial charge in [0.1, 0.15) is 0 Å². The first-order chi connectivity index (χ1) is 16.0. The quantitative estimate of drug-likeness (QED) is 0.430.